The molecule has 8 nitrogen and oxygen atoms in total. The number of primary amides is 1. The number of carbonyl (C=O) groups is 1. The molecule has 0 bridgehead atoms. The molecule has 0 aliphatic heterocycles. The third kappa shape index (κ3) is 2.96. The second-order valence-corrected chi connectivity index (χ2v) is 9.07. The number of hydrogen-bond acceptors (Lipinski definition) is 6. The molecule has 5 atom stereocenters. The number of nitrogens with two attached hydrogens (primary N) is 1. The van der Waals surface area contributed by atoms with E-state index in [1.165, 1.54) is 6.07 Å². The number of hydrogen-bond donors (Lipinski definition) is 3. The van der Waals surface area contributed by atoms with Crippen LogP contribution in [0.2, 0.25) is 0 Å². The Morgan fingerprint density at radius 2 is 2.17 bits per heavy atom. The van der Waals surface area contributed by atoms with E-state index in [1.807, 2.05) is 6.07 Å². The molecule has 156 valence electrons. The molecule has 0 saturated heterocycles. The average Bonchev–Trinajstić information content (AvgIpc) is 2.97. The van der Waals surface area contributed by atoms with Gasteiger partial charge in [0.15, 0.2) is 5.75 Å². The molecule has 1 amide bonds. The van der Waals surface area contributed by atoms with Crippen LogP contribution in [0.4, 0.5) is 5.69 Å². The fraction of sp³-hybridized carbons (Fsp3) is 0.619. The Morgan fingerprint density at radius 3 is 2.83 bits per heavy atom. The van der Waals surface area contributed by atoms with E-state index in [1.54, 1.807) is 0 Å². The minimum Gasteiger partial charge on any atom is -0.502 e. The maximum absolute atomic E-state index is 11.5. The normalized spacial score (nSPS) is 34.3. The van der Waals surface area contributed by atoms with Crippen LogP contribution >= 0.6 is 0 Å². The largest absolute Gasteiger partial charge is 0.502 e. The van der Waals surface area contributed by atoms with Crippen LogP contribution in [-0.4, -0.2) is 26.9 Å². The van der Waals surface area contributed by atoms with Gasteiger partial charge in [-0.1, -0.05) is 18.1 Å². The summed E-state index contributed by atoms with van der Waals surface area (Å²) in [5.41, 5.74) is 7.43. The Kier molecular flexibility index (Phi) is 4.75. The van der Waals surface area contributed by atoms with Crippen molar-refractivity contribution < 1.29 is 20.0 Å². The van der Waals surface area contributed by atoms with Gasteiger partial charge in [-0.25, -0.2) is 0 Å². The van der Waals surface area contributed by atoms with Crippen molar-refractivity contribution in [2.45, 2.75) is 57.8 Å². The molecular weight excluding hydrogens is 374 g/mol. The van der Waals surface area contributed by atoms with Crippen molar-refractivity contribution in [1.29, 1.82) is 0 Å². The molecule has 1 aromatic rings. The minimum absolute atomic E-state index is 0.163. The zero-order chi connectivity index (χ0) is 20.9. The highest BCUT2D eigenvalue weighted by Crippen LogP contribution is 2.63. The van der Waals surface area contributed by atoms with Gasteiger partial charge in [0.1, 0.15) is 0 Å². The van der Waals surface area contributed by atoms with Crippen LogP contribution in [0, 0.1) is 33.3 Å². The van der Waals surface area contributed by atoms with Crippen molar-refractivity contribution in [2.75, 3.05) is 0 Å². The number of amides is 1. The first-order chi connectivity index (χ1) is 13.8. The third-order valence-electron chi connectivity index (χ3n) is 7.80. The summed E-state index contributed by atoms with van der Waals surface area (Å²) in [4.78, 5) is 22.4. The number of phenolic OH excluding ortho intramolecular Hbond substituents is 1. The molecule has 0 radical (unpaired) electrons. The van der Waals surface area contributed by atoms with Gasteiger partial charge in [0.2, 0.25) is 5.91 Å². The van der Waals surface area contributed by atoms with Gasteiger partial charge in [0.25, 0.3) is 0 Å². The Labute approximate surface area is 168 Å². The Bertz CT molecular complexity index is 899. The number of nitro groups is 1. The van der Waals surface area contributed by atoms with Gasteiger partial charge in [-0.3, -0.25) is 14.9 Å². The first-order valence-electron chi connectivity index (χ1n) is 10.3. The summed E-state index contributed by atoms with van der Waals surface area (Å²) in [6, 6.07) is 3.28. The maximum Gasteiger partial charge on any atom is 0.314 e. The van der Waals surface area contributed by atoms with Gasteiger partial charge < -0.3 is 16.0 Å². The summed E-state index contributed by atoms with van der Waals surface area (Å²) in [5, 5.41) is 34.8. The van der Waals surface area contributed by atoms with Crippen LogP contribution in [0.1, 0.15) is 62.5 Å². The van der Waals surface area contributed by atoms with Crippen molar-refractivity contribution in [3.8, 4) is 5.75 Å². The van der Waals surface area contributed by atoms with Crippen LogP contribution in [0.25, 0.3) is 0 Å². The molecule has 1 aromatic carbocycles. The average molecular weight is 401 g/mol. The molecule has 4 rings (SSSR count). The molecule has 4 N–H and O–H groups in total. The van der Waals surface area contributed by atoms with Gasteiger partial charge in [-0.05, 0) is 73.8 Å². The molecule has 0 spiro atoms. The highest BCUT2D eigenvalue weighted by Gasteiger charge is 2.58. The van der Waals surface area contributed by atoms with Gasteiger partial charge in [-0.2, -0.15) is 0 Å². The SMILES string of the molecule is CC12CCC3c4ccc(O)c([N+](=O)[O-])c4CCC3C1C(CCC(N)=O)C/C2=N\O. The molecule has 0 aromatic heterocycles. The first kappa shape index (κ1) is 19.7. The zero-order valence-electron chi connectivity index (χ0n) is 16.5. The molecule has 5 unspecified atom stereocenters. The monoisotopic (exact) mass is 401 g/mol. The van der Waals surface area contributed by atoms with E-state index in [9.17, 15) is 25.2 Å². The quantitative estimate of drug-likeness (QED) is 0.403. The molecule has 3 aliphatic rings. The van der Waals surface area contributed by atoms with E-state index < -0.39 is 4.92 Å². The first-order valence-corrected chi connectivity index (χ1v) is 10.3. The van der Waals surface area contributed by atoms with Gasteiger partial charge in [-0.15, -0.1) is 0 Å². The maximum atomic E-state index is 11.5. The van der Waals surface area contributed by atoms with Crippen molar-refractivity contribution in [3.05, 3.63) is 33.4 Å². The van der Waals surface area contributed by atoms with E-state index in [4.69, 9.17) is 5.73 Å². The topological polar surface area (TPSA) is 139 Å². The fourth-order valence-corrected chi connectivity index (χ4v) is 6.67. The predicted molar refractivity (Wildman–Crippen MR) is 106 cm³/mol. The lowest BCUT2D eigenvalue weighted by Gasteiger charge is -2.50. The van der Waals surface area contributed by atoms with E-state index in [0.29, 0.717) is 37.2 Å². The number of nitro benzene ring substituents is 1. The number of phenols is 1. The number of fused-ring (bicyclic) bond motifs is 5. The minimum atomic E-state index is -0.483. The highest BCUT2D eigenvalue weighted by atomic mass is 16.6. The Balaban J connectivity index is 1.73. The van der Waals surface area contributed by atoms with Crippen molar-refractivity contribution in [1.82, 2.24) is 0 Å². The van der Waals surface area contributed by atoms with Crippen molar-refractivity contribution in [3.63, 3.8) is 0 Å². The smallest absolute Gasteiger partial charge is 0.314 e. The van der Waals surface area contributed by atoms with Crippen molar-refractivity contribution >= 4 is 17.3 Å². The molecule has 0 heterocycles. The van der Waals surface area contributed by atoms with Gasteiger partial charge in [0.05, 0.1) is 10.6 Å². The number of carbonyl (C=O) groups excluding carboxylic acids is 1. The van der Waals surface area contributed by atoms with Gasteiger partial charge >= 0.3 is 5.69 Å². The lowest BCUT2D eigenvalue weighted by atomic mass is 9.53. The molecule has 8 heteroatoms. The van der Waals surface area contributed by atoms with Crippen molar-refractivity contribution in [2.24, 2.45) is 34.1 Å². The second kappa shape index (κ2) is 7.00. The fourth-order valence-electron chi connectivity index (χ4n) is 6.67. The number of aromatic hydroxyl groups is 1. The lowest BCUT2D eigenvalue weighted by Crippen LogP contribution is -2.44. The molecule has 2 saturated carbocycles. The van der Waals surface area contributed by atoms with Crippen LogP contribution < -0.4 is 5.73 Å². The molecular formula is C21H27N3O5. The summed E-state index contributed by atoms with van der Waals surface area (Å²) in [6.07, 6.45) is 4.66. The summed E-state index contributed by atoms with van der Waals surface area (Å²) >= 11 is 0. The standard InChI is InChI=1S/C21H27N3O5/c1-21-9-8-13-12-5-6-16(25)20(24(28)29)15(12)4-3-14(13)19(21)11(2-7-18(22)26)10-17(21)23-27/h5-6,11,13-14,19,25,27H,2-4,7-10H2,1H3,(H2,22,26)/b23-17+. The number of benzene rings is 1. The zero-order valence-corrected chi connectivity index (χ0v) is 16.5. The van der Waals surface area contributed by atoms with Crippen LogP contribution in [0.5, 0.6) is 5.75 Å². The predicted octanol–water partition coefficient (Wildman–Crippen LogP) is 3.48. The summed E-state index contributed by atoms with van der Waals surface area (Å²) < 4.78 is 0. The lowest BCUT2D eigenvalue weighted by molar-refractivity contribution is -0.386. The molecule has 29 heavy (non-hydrogen) atoms. The number of nitrogens with zero attached hydrogens (tertiary/aromatic N) is 2. The van der Waals surface area contributed by atoms with E-state index in [0.717, 1.165) is 30.5 Å². The van der Waals surface area contributed by atoms with Crippen LogP contribution in [0.15, 0.2) is 17.3 Å². The number of rotatable bonds is 4. The van der Waals surface area contributed by atoms with Crippen LogP contribution in [0.3, 0.4) is 0 Å². The third-order valence-corrected chi connectivity index (χ3v) is 7.80. The van der Waals surface area contributed by atoms with E-state index in [-0.39, 0.29) is 40.5 Å². The summed E-state index contributed by atoms with van der Waals surface area (Å²) in [7, 11) is 0. The Hall–Kier alpha value is -2.64. The van der Waals surface area contributed by atoms with Gasteiger partial charge in [0, 0.05) is 17.4 Å². The summed E-state index contributed by atoms with van der Waals surface area (Å²) in [6.45, 7) is 2.15. The number of oxime groups is 1. The summed E-state index contributed by atoms with van der Waals surface area (Å²) in [5.74, 6) is 0.316. The van der Waals surface area contributed by atoms with E-state index >= 15 is 0 Å². The second-order valence-electron chi connectivity index (χ2n) is 9.07. The highest BCUT2D eigenvalue weighted by molar-refractivity contribution is 5.92. The molecule has 2 fully saturated rings. The molecule has 3 aliphatic carbocycles. The van der Waals surface area contributed by atoms with Crippen LogP contribution in [-0.2, 0) is 11.2 Å². The van der Waals surface area contributed by atoms with E-state index in [2.05, 4.69) is 12.1 Å². The Morgan fingerprint density at radius 1 is 1.41 bits per heavy atom.